The molecule has 11 heavy (non-hydrogen) atoms. The molecule has 2 heteroatoms. The van der Waals surface area contributed by atoms with Crippen LogP contribution >= 0.6 is 0 Å². The van der Waals surface area contributed by atoms with Gasteiger partial charge in [-0.05, 0) is 32.1 Å². The molecule has 0 aromatic heterocycles. The molecule has 0 aromatic rings. The number of rotatable bonds is 3. The van der Waals surface area contributed by atoms with Crippen LogP contribution in [0.2, 0.25) is 0 Å². The minimum Gasteiger partial charge on any atom is -0.393 e. The van der Waals surface area contributed by atoms with Crippen molar-refractivity contribution in [1.29, 1.82) is 0 Å². The summed E-state index contributed by atoms with van der Waals surface area (Å²) in [5, 5.41) is 18.6. The van der Waals surface area contributed by atoms with Crippen molar-refractivity contribution in [2.75, 3.05) is 0 Å². The predicted octanol–water partition coefficient (Wildman–Crippen LogP) is 1.31. The van der Waals surface area contributed by atoms with Crippen LogP contribution < -0.4 is 0 Å². The van der Waals surface area contributed by atoms with Crippen LogP contribution in [0.15, 0.2) is 0 Å². The van der Waals surface area contributed by atoms with E-state index in [4.69, 9.17) is 5.11 Å². The Bertz CT molecular complexity index is 106. The van der Waals surface area contributed by atoms with Crippen molar-refractivity contribution in [3.8, 4) is 0 Å². The summed E-state index contributed by atoms with van der Waals surface area (Å²) in [6.07, 6.45) is 4.72. The molecule has 2 nitrogen and oxygen atoms in total. The third-order valence-electron chi connectivity index (χ3n) is 2.53. The van der Waals surface area contributed by atoms with Gasteiger partial charge in [0.1, 0.15) is 0 Å². The lowest BCUT2D eigenvalue weighted by molar-refractivity contribution is 0.0523. The number of aliphatic hydroxyl groups excluding tert-OH is 2. The number of hydrogen-bond donors (Lipinski definition) is 2. The van der Waals surface area contributed by atoms with Crippen molar-refractivity contribution in [1.82, 2.24) is 0 Å². The van der Waals surface area contributed by atoms with Crippen LogP contribution in [0.25, 0.3) is 0 Å². The maximum absolute atomic E-state index is 9.56. The zero-order chi connectivity index (χ0) is 8.27. The second-order valence-electron chi connectivity index (χ2n) is 3.70. The third-order valence-corrected chi connectivity index (χ3v) is 2.53. The van der Waals surface area contributed by atoms with Gasteiger partial charge in [-0.1, -0.05) is 12.8 Å². The van der Waals surface area contributed by atoms with Crippen molar-refractivity contribution < 1.29 is 10.2 Å². The van der Waals surface area contributed by atoms with Crippen LogP contribution in [0, 0.1) is 5.92 Å². The van der Waals surface area contributed by atoms with Crippen molar-refractivity contribution >= 4 is 0 Å². The molecule has 0 aliphatic heterocycles. The fraction of sp³-hybridized carbons (Fsp3) is 1.00. The van der Waals surface area contributed by atoms with Gasteiger partial charge in [0, 0.05) is 0 Å². The van der Waals surface area contributed by atoms with Crippen LogP contribution in [0.3, 0.4) is 0 Å². The lowest BCUT2D eigenvalue weighted by Gasteiger charge is -2.18. The summed E-state index contributed by atoms with van der Waals surface area (Å²) in [4.78, 5) is 0. The minimum atomic E-state index is -0.356. The van der Waals surface area contributed by atoms with Crippen LogP contribution in [0.4, 0.5) is 0 Å². The second-order valence-corrected chi connectivity index (χ2v) is 3.70. The van der Waals surface area contributed by atoms with Gasteiger partial charge in [-0.2, -0.15) is 0 Å². The fourth-order valence-electron chi connectivity index (χ4n) is 1.88. The highest BCUT2D eigenvalue weighted by atomic mass is 16.3. The van der Waals surface area contributed by atoms with E-state index in [-0.39, 0.29) is 12.2 Å². The molecule has 0 aromatic carbocycles. The summed E-state index contributed by atoms with van der Waals surface area (Å²) < 4.78 is 0. The van der Waals surface area contributed by atoms with Crippen molar-refractivity contribution in [2.24, 2.45) is 5.92 Å². The largest absolute Gasteiger partial charge is 0.393 e. The topological polar surface area (TPSA) is 40.5 Å². The number of hydrogen-bond acceptors (Lipinski definition) is 2. The molecule has 0 saturated heterocycles. The molecule has 1 rings (SSSR count). The molecule has 0 spiro atoms. The Morgan fingerprint density at radius 3 is 2.27 bits per heavy atom. The lowest BCUT2D eigenvalue weighted by atomic mass is 9.96. The van der Waals surface area contributed by atoms with E-state index >= 15 is 0 Å². The van der Waals surface area contributed by atoms with Gasteiger partial charge in [0.05, 0.1) is 12.2 Å². The first-order valence-electron chi connectivity index (χ1n) is 4.56. The van der Waals surface area contributed by atoms with Crippen LogP contribution in [0.1, 0.15) is 39.0 Å². The highest BCUT2D eigenvalue weighted by molar-refractivity contribution is 4.75. The normalized spacial score (nSPS) is 25.4. The standard InChI is InChI=1S/C9H18O2/c1-7(10)6-9(11)8-4-2-3-5-8/h7-11H,2-6H2,1H3/t7-,9+/m1/s1. The molecule has 0 unspecified atom stereocenters. The van der Waals surface area contributed by atoms with Crippen LogP contribution in [-0.2, 0) is 0 Å². The second kappa shape index (κ2) is 4.07. The zero-order valence-electron chi connectivity index (χ0n) is 7.16. The summed E-state index contributed by atoms with van der Waals surface area (Å²) in [5.74, 6) is 0.463. The molecule has 66 valence electrons. The van der Waals surface area contributed by atoms with Crippen molar-refractivity contribution in [2.45, 2.75) is 51.2 Å². The SMILES string of the molecule is C[C@@H](O)C[C@H](O)C1CCCC1. The van der Waals surface area contributed by atoms with E-state index in [1.165, 1.54) is 12.8 Å². The van der Waals surface area contributed by atoms with Crippen LogP contribution in [-0.4, -0.2) is 22.4 Å². The summed E-state index contributed by atoms with van der Waals surface area (Å²) in [6.45, 7) is 1.73. The van der Waals surface area contributed by atoms with Gasteiger partial charge in [0.2, 0.25) is 0 Å². The average Bonchev–Trinajstić information content (AvgIpc) is 2.35. The molecule has 2 N–H and O–H groups in total. The van der Waals surface area contributed by atoms with E-state index in [0.717, 1.165) is 12.8 Å². The monoisotopic (exact) mass is 158 g/mol. The Labute approximate surface area is 68.2 Å². The molecular formula is C9H18O2. The minimum absolute atomic E-state index is 0.266. The molecule has 0 bridgehead atoms. The Morgan fingerprint density at radius 1 is 1.27 bits per heavy atom. The summed E-state index contributed by atoms with van der Waals surface area (Å²) in [7, 11) is 0. The van der Waals surface area contributed by atoms with Gasteiger partial charge in [-0.15, -0.1) is 0 Å². The maximum Gasteiger partial charge on any atom is 0.0592 e. The van der Waals surface area contributed by atoms with Crippen molar-refractivity contribution in [3.05, 3.63) is 0 Å². The Balaban J connectivity index is 2.22. The van der Waals surface area contributed by atoms with Gasteiger partial charge < -0.3 is 10.2 Å². The third kappa shape index (κ3) is 2.80. The van der Waals surface area contributed by atoms with Gasteiger partial charge >= 0.3 is 0 Å². The molecule has 1 saturated carbocycles. The van der Waals surface area contributed by atoms with Gasteiger partial charge in [0.15, 0.2) is 0 Å². The Hall–Kier alpha value is -0.0800. The molecule has 2 atom stereocenters. The zero-order valence-corrected chi connectivity index (χ0v) is 7.16. The number of aliphatic hydroxyl groups is 2. The van der Waals surface area contributed by atoms with E-state index in [1.54, 1.807) is 6.92 Å². The maximum atomic E-state index is 9.56. The molecule has 1 aliphatic rings. The summed E-state index contributed by atoms with van der Waals surface area (Å²) in [6, 6.07) is 0. The van der Waals surface area contributed by atoms with E-state index in [0.29, 0.717) is 12.3 Å². The Kier molecular flexibility index (Phi) is 3.34. The quantitative estimate of drug-likeness (QED) is 0.650. The fourth-order valence-corrected chi connectivity index (χ4v) is 1.88. The highest BCUT2D eigenvalue weighted by Crippen LogP contribution is 2.29. The van der Waals surface area contributed by atoms with Gasteiger partial charge in [-0.3, -0.25) is 0 Å². The van der Waals surface area contributed by atoms with E-state index in [1.807, 2.05) is 0 Å². The molecule has 0 radical (unpaired) electrons. The highest BCUT2D eigenvalue weighted by Gasteiger charge is 2.23. The first-order valence-corrected chi connectivity index (χ1v) is 4.56. The average molecular weight is 158 g/mol. The van der Waals surface area contributed by atoms with Gasteiger partial charge in [-0.25, -0.2) is 0 Å². The molecule has 1 aliphatic carbocycles. The molecule has 1 fully saturated rings. The van der Waals surface area contributed by atoms with E-state index in [2.05, 4.69) is 0 Å². The van der Waals surface area contributed by atoms with E-state index < -0.39 is 0 Å². The first-order chi connectivity index (χ1) is 5.20. The lowest BCUT2D eigenvalue weighted by Crippen LogP contribution is -2.22. The summed E-state index contributed by atoms with van der Waals surface area (Å²) >= 11 is 0. The van der Waals surface area contributed by atoms with E-state index in [9.17, 15) is 5.11 Å². The smallest absolute Gasteiger partial charge is 0.0592 e. The van der Waals surface area contributed by atoms with Crippen molar-refractivity contribution in [3.63, 3.8) is 0 Å². The van der Waals surface area contributed by atoms with Crippen LogP contribution in [0.5, 0.6) is 0 Å². The van der Waals surface area contributed by atoms with Gasteiger partial charge in [0.25, 0.3) is 0 Å². The molecule has 0 heterocycles. The first kappa shape index (κ1) is 9.01. The molecule has 0 amide bonds. The summed E-state index contributed by atoms with van der Waals surface area (Å²) in [5.41, 5.74) is 0. The predicted molar refractivity (Wildman–Crippen MR) is 44.3 cm³/mol. The molecular weight excluding hydrogens is 140 g/mol. The Morgan fingerprint density at radius 2 is 1.82 bits per heavy atom.